The lowest BCUT2D eigenvalue weighted by atomic mass is 10.1. The highest BCUT2D eigenvalue weighted by Crippen LogP contribution is 2.26. The van der Waals surface area contributed by atoms with Crippen LogP contribution in [0.2, 0.25) is 0 Å². The fraction of sp³-hybridized carbons (Fsp3) is 0.478. The summed E-state index contributed by atoms with van der Waals surface area (Å²) >= 11 is 0. The summed E-state index contributed by atoms with van der Waals surface area (Å²) in [6, 6.07) is 10.6. The molecule has 1 aromatic carbocycles. The number of anilines is 2. The van der Waals surface area contributed by atoms with Gasteiger partial charge in [-0.15, -0.1) is 5.10 Å². The molecule has 4 rings (SSSR count). The van der Waals surface area contributed by atoms with Crippen molar-refractivity contribution in [2.45, 2.75) is 38.0 Å². The molecule has 0 bridgehead atoms. The van der Waals surface area contributed by atoms with Crippen molar-refractivity contribution in [1.82, 2.24) is 15.1 Å². The van der Waals surface area contributed by atoms with Gasteiger partial charge >= 0.3 is 6.18 Å². The number of hydrogen-bond donors (Lipinski definition) is 1. The van der Waals surface area contributed by atoms with E-state index in [1.165, 1.54) is 4.90 Å². The summed E-state index contributed by atoms with van der Waals surface area (Å²) in [6.07, 6.45) is -3.37. The molecule has 182 valence electrons. The van der Waals surface area contributed by atoms with Crippen molar-refractivity contribution in [3.8, 4) is 5.75 Å². The van der Waals surface area contributed by atoms with Crippen molar-refractivity contribution in [2.75, 3.05) is 36.4 Å². The van der Waals surface area contributed by atoms with E-state index in [1.54, 1.807) is 30.5 Å². The number of carbonyl (C=O) groups is 2. The lowest BCUT2D eigenvalue weighted by Gasteiger charge is -2.18. The van der Waals surface area contributed by atoms with E-state index >= 15 is 0 Å². The van der Waals surface area contributed by atoms with Gasteiger partial charge in [0.25, 0.3) is 0 Å². The molecule has 2 aromatic rings. The van der Waals surface area contributed by atoms with Gasteiger partial charge in [-0.3, -0.25) is 9.59 Å². The number of likely N-dealkylation sites (tertiary alicyclic amines) is 1. The van der Waals surface area contributed by atoms with Crippen LogP contribution in [-0.4, -0.2) is 65.4 Å². The summed E-state index contributed by atoms with van der Waals surface area (Å²) in [5.74, 6) is 0.599. The Balaban J connectivity index is 1.22. The highest BCUT2D eigenvalue weighted by molar-refractivity contribution is 5.93. The van der Waals surface area contributed by atoms with Crippen LogP contribution in [0.15, 0.2) is 42.6 Å². The summed E-state index contributed by atoms with van der Waals surface area (Å²) in [6.45, 7) is 1.95. The smallest absolute Gasteiger partial charge is 0.389 e. The second-order valence-electron chi connectivity index (χ2n) is 8.51. The van der Waals surface area contributed by atoms with E-state index in [0.29, 0.717) is 30.9 Å². The van der Waals surface area contributed by atoms with Gasteiger partial charge in [0.1, 0.15) is 11.9 Å². The molecule has 2 atom stereocenters. The zero-order valence-electron chi connectivity index (χ0n) is 18.5. The first-order valence-electron chi connectivity index (χ1n) is 11.2. The number of alkyl halides is 3. The van der Waals surface area contributed by atoms with E-state index in [1.807, 2.05) is 17.0 Å². The van der Waals surface area contributed by atoms with Gasteiger partial charge in [0.05, 0.1) is 18.9 Å². The Bertz CT molecular complexity index is 988. The third-order valence-electron chi connectivity index (χ3n) is 5.99. The molecule has 8 nitrogen and oxygen atoms in total. The zero-order valence-corrected chi connectivity index (χ0v) is 18.5. The number of aromatic nitrogens is 2. The average molecular weight is 477 g/mol. The monoisotopic (exact) mass is 477 g/mol. The minimum atomic E-state index is -4.34. The molecule has 0 unspecified atom stereocenters. The van der Waals surface area contributed by atoms with E-state index in [9.17, 15) is 22.8 Å². The van der Waals surface area contributed by atoms with Gasteiger partial charge in [-0.1, -0.05) is 0 Å². The van der Waals surface area contributed by atoms with Crippen molar-refractivity contribution < 1.29 is 27.5 Å². The Morgan fingerprint density at radius 2 is 1.88 bits per heavy atom. The van der Waals surface area contributed by atoms with E-state index < -0.39 is 24.9 Å². The van der Waals surface area contributed by atoms with Crippen LogP contribution in [-0.2, 0) is 9.59 Å². The SMILES string of the molecule is O=C(Nc1ccc(O[C@@H]2CCN(C(=O)CCC(F)(F)F)C2)cc1)[C@H]1CCN(c2cccnn2)C1. The van der Waals surface area contributed by atoms with Crippen LogP contribution in [0.4, 0.5) is 24.7 Å². The Morgan fingerprint density at radius 3 is 2.59 bits per heavy atom. The third-order valence-corrected chi connectivity index (χ3v) is 5.99. The Kier molecular flexibility index (Phi) is 7.18. The average Bonchev–Trinajstić information content (AvgIpc) is 3.49. The molecular formula is C23H26F3N5O3. The standard InChI is InChI=1S/C23H26F3N5O3/c24-23(25,26)10-7-21(32)31-13-9-19(15-31)34-18-5-3-17(4-6-18)28-22(33)16-8-12-30(14-16)20-2-1-11-27-29-20/h1-6,11,16,19H,7-10,12-15H2,(H,28,33)/t16-,19+/m0/s1. The number of nitrogens with zero attached hydrogens (tertiary/aromatic N) is 4. The normalized spacial score (nSPS) is 20.4. The van der Waals surface area contributed by atoms with E-state index in [-0.39, 0.29) is 24.5 Å². The van der Waals surface area contributed by atoms with Crippen LogP contribution in [0.5, 0.6) is 5.75 Å². The van der Waals surface area contributed by atoms with Gasteiger partial charge < -0.3 is 19.9 Å². The van der Waals surface area contributed by atoms with Crippen LogP contribution in [0, 0.1) is 5.92 Å². The Labute approximate surface area is 195 Å². The summed E-state index contributed by atoms with van der Waals surface area (Å²) < 4.78 is 42.9. The first-order chi connectivity index (χ1) is 16.3. The third kappa shape index (κ3) is 6.36. The minimum absolute atomic E-state index is 0.0659. The van der Waals surface area contributed by atoms with Crippen molar-refractivity contribution in [2.24, 2.45) is 5.92 Å². The predicted molar refractivity (Wildman–Crippen MR) is 118 cm³/mol. The number of amides is 2. The number of ether oxygens (including phenoxy) is 1. The van der Waals surface area contributed by atoms with Gasteiger partial charge in [0.15, 0.2) is 5.82 Å². The zero-order chi connectivity index (χ0) is 24.1. The summed E-state index contributed by atoms with van der Waals surface area (Å²) in [5, 5.41) is 10.9. The molecule has 1 aromatic heterocycles. The van der Waals surface area contributed by atoms with Gasteiger partial charge in [-0.25, -0.2) is 0 Å². The lowest BCUT2D eigenvalue weighted by Crippen LogP contribution is -2.31. The Hall–Kier alpha value is -3.37. The van der Waals surface area contributed by atoms with Crippen molar-refractivity contribution in [1.29, 1.82) is 0 Å². The molecule has 1 N–H and O–H groups in total. The summed E-state index contributed by atoms with van der Waals surface area (Å²) in [4.78, 5) is 28.1. The quantitative estimate of drug-likeness (QED) is 0.659. The molecule has 2 fully saturated rings. The predicted octanol–water partition coefficient (Wildman–Crippen LogP) is 3.26. The molecule has 34 heavy (non-hydrogen) atoms. The minimum Gasteiger partial charge on any atom is -0.489 e. The largest absolute Gasteiger partial charge is 0.489 e. The maximum atomic E-state index is 12.7. The van der Waals surface area contributed by atoms with Crippen LogP contribution >= 0.6 is 0 Å². The molecule has 0 radical (unpaired) electrons. The Morgan fingerprint density at radius 1 is 1.09 bits per heavy atom. The van der Waals surface area contributed by atoms with Crippen LogP contribution in [0.1, 0.15) is 25.7 Å². The molecule has 0 saturated carbocycles. The van der Waals surface area contributed by atoms with Crippen LogP contribution < -0.4 is 15.0 Å². The maximum absolute atomic E-state index is 12.7. The number of hydrogen-bond acceptors (Lipinski definition) is 6. The fourth-order valence-corrected chi connectivity index (χ4v) is 4.16. The second kappa shape index (κ2) is 10.3. The van der Waals surface area contributed by atoms with Crippen LogP contribution in [0.3, 0.4) is 0 Å². The highest BCUT2D eigenvalue weighted by atomic mass is 19.4. The first kappa shape index (κ1) is 23.8. The summed E-state index contributed by atoms with van der Waals surface area (Å²) in [5.41, 5.74) is 0.644. The van der Waals surface area contributed by atoms with Gasteiger partial charge in [-0.05, 0) is 42.8 Å². The van der Waals surface area contributed by atoms with Gasteiger partial charge in [0, 0.05) is 44.4 Å². The molecule has 0 spiro atoms. The topological polar surface area (TPSA) is 87.7 Å². The van der Waals surface area contributed by atoms with E-state index in [4.69, 9.17) is 4.74 Å². The van der Waals surface area contributed by atoms with Crippen molar-refractivity contribution in [3.63, 3.8) is 0 Å². The fourth-order valence-electron chi connectivity index (χ4n) is 4.16. The molecule has 2 amide bonds. The molecule has 2 aliphatic heterocycles. The number of halogens is 3. The molecular weight excluding hydrogens is 451 g/mol. The molecule has 0 aliphatic carbocycles. The van der Waals surface area contributed by atoms with Gasteiger partial charge in [0.2, 0.25) is 11.8 Å². The molecule has 3 heterocycles. The molecule has 2 saturated heterocycles. The number of nitrogens with one attached hydrogen (secondary N) is 1. The van der Waals surface area contributed by atoms with E-state index in [2.05, 4.69) is 15.5 Å². The van der Waals surface area contributed by atoms with Crippen LogP contribution in [0.25, 0.3) is 0 Å². The van der Waals surface area contributed by atoms with Crippen molar-refractivity contribution in [3.05, 3.63) is 42.6 Å². The summed E-state index contributed by atoms with van der Waals surface area (Å²) in [7, 11) is 0. The van der Waals surface area contributed by atoms with Gasteiger partial charge in [-0.2, -0.15) is 18.3 Å². The molecule has 11 heteroatoms. The number of benzene rings is 1. The maximum Gasteiger partial charge on any atom is 0.389 e. The lowest BCUT2D eigenvalue weighted by molar-refractivity contribution is -0.148. The number of rotatable bonds is 7. The first-order valence-corrected chi connectivity index (χ1v) is 11.2. The number of carbonyl (C=O) groups excluding carboxylic acids is 2. The highest BCUT2D eigenvalue weighted by Gasteiger charge is 2.32. The molecule has 2 aliphatic rings. The van der Waals surface area contributed by atoms with Crippen molar-refractivity contribution >= 4 is 23.3 Å². The second-order valence-corrected chi connectivity index (χ2v) is 8.51. The van der Waals surface area contributed by atoms with E-state index in [0.717, 1.165) is 18.8 Å².